The number of carboxylic acid groups (broad SMARTS) is 1. The van der Waals surface area contributed by atoms with Crippen molar-refractivity contribution in [1.29, 1.82) is 0 Å². The summed E-state index contributed by atoms with van der Waals surface area (Å²) in [5.74, 6) is -0.922. The summed E-state index contributed by atoms with van der Waals surface area (Å²) in [6.07, 6.45) is 0.253. The number of carbonyl (C=O) groups is 1. The molecule has 1 aromatic rings. The van der Waals surface area contributed by atoms with Gasteiger partial charge in [0, 0.05) is 13.0 Å². The van der Waals surface area contributed by atoms with Gasteiger partial charge in [0.05, 0.1) is 11.4 Å². The lowest BCUT2D eigenvalue weighted by Crippen LogP contribution is -2.34. The molecule has 1 aromatic carbocycles. The molecule has 0 saturated carbocycles. The van der Waals surface area contributed by atoms with Gasteiger partial charge >= 0.3 is 5.97 Å². The van der Waals surface area contributed by atoms with E-state index in [0.29, 0.717) is 12.1 Å². The number of aryl methyl sites for hydroxylation is 2. The van der Waals surface area contributed by atoms with Crippen LogP contribution in [0.1, 0.15) is 30.9 Å². The van der Waals surface area contributed by atoms with Gasteiger partial charge in [-0.1, -0.05) is 18.2 Å². The predicted molar refractivity (Wildman–Crippen MR) is 79.6 cm³/mol. The van der Waals surface area contributed by atoms with Crippen LogP contribution < -0.4 is 4.31 Å². The zero-order valence-electron chi connectivity index (χ0n) is 12.1. The van der Waals surface area contributed by atoms with E-state index in [1.807, 2.05) is 32.0 Å². The van der Waals surface area contributed by atoms with Gasteiger partial charge in [0.1, 0.15) is 0 Å². The van der Waals surface area contributed by atoms with Crippen LogP contribution in [0.3, 0.4) is 0 Å². The summed E-state index contributed by atoms with van der Waals surface area (Å²) in [6.45, 7) is 5.50. The van der Waals surface area contributed by atoms with E-state index in [2.05, 4.69) is 0 Å². The second-order valence-electron chi connectivity index (χ2n) is 4.71. The van der Waals surface area contributed by atoms with E-state index in [4.69, 9.17) is 5.11 Å². The monoisotopic (exact) mass is 299 g/mol. The fourth-order valence-electron chi connectivity index (χ4n) is 2.12. The van der Waals surface area contributed by atoms with Gasteiger partial charge in [0.2, 0.25) is 10.0 Å². The van der Waals surface area contributed by atoms with Crippen molar-refractivity contribution >= 4 is 21.7 Å². The van der Waals surface area contributed by atoms with E-state index in [-0.39, 0.29) is 18.7 Å². The number of benzene rings is 1. The van der Waals surface area contributed by atoms with Crippen LogP contribution in [0.25, 0.3) is 0 Å². The quantitative estimate of drug-likeness (QED) is 0.838. The molecule has 0 unspecified atom stereocenters. The fraction of sp³-hybridized carbons (Fsp3) is 0.500. The number of para-hydroxylation sites is 1. The van der Waals surface area contributed by atoms with E-state index in [1.54, 1.807) is 6.92 Å². The molecule has 6 heteroatoms. The van der Waals surface area contributed by atoms with Crippen molar-refractivity contribution in [2.45, 2.75) is 33.6 Å². The van der Waals surface area contributed by atoms with Gasteiger partial charge in [-0.15, -0.1) is 0 Å². The highest BCUT2D eigenvalue weighted by Crippen LogP contribution is 2.27. The van der Waals surface area contributed by atoms with Crippen LogP contribution in [0.2, 0.25) is 0 Å². The first-order chi connectivity index (χ1) is 9.29. The Bertz CT molecular complexity index is 561. The molecule has 1 rings (SSSR count). The van der Waals surface area contributed by atoms with E-state index < -0.39 is 16.0 Å². The first kappa shape index (κ1) is 16.5. The highest BCUT2D eigenvalue weighted by atomic mass is 32.2. The summed E-state index contributed by atoms with van der Waals surface area (Å²) < 4.78 is 25.9. The Hall–Kier alpha value is -1.56. The third-order valence-corrected chi connectivity index (χ3v) is 4.91. The Kier molecular flexibility index (Phi) is 5.56. The zero-order valence-corrected chi connectivity index (χ0v) is 12.9. The predicted octanol–water partition coefficient (Wildman–Crippen LogP) is 2.32. The van der Waals surface area contributed by atoms with Crippen molar-refractivity contribution in [3.8, 4) is 0 Å². The van der Waals surface area contributed by atoms with E-state index in [0.717, 1.165) is 11.1 Å². The third-order valence-electron chi connectivity index (χ3n) is 3.14. The van der Waals surface area contributed by atoms with Crippen molar-refractivity contribution in [1.82, 2.24) is 0 Å². The number of hydrogen-bond donors (Lipinski definition) is 1. The number of sulfonamides is 1. The van der Waals surface area contributed by atoms with Crippen LogP contribution in [-0.2, 0) is 14.8 Å². The smallest absolute Gasteiger partial charge is 0.303 e. The largest absolute Gasteiger partial charge is 0.481 e. The number of anilines is 1. The number of nitrogens with zero attached hydrogens (tertiary/aromatic N) is 1. The molecule has 0 atom stereocenters. The van der Waals surface area contributed by atoms with Gasteiger partial charge < -0.3 is 5.11 Å². The first-order valence-electron chi connectivity index (χ1n) is 6.58. The Balaban J connectivity index is 3.14. The number of carboxylic acids is 1. The maximum atomic E-state index is 12.3. The summed E-state index contributed by atoms with van der Waals surface area (Å²) in [5, 5.41) is 8.70. The number of aliphatic carboxylic acids is 1. The lowest BCUT2D eigenvalue weighted by molar-refractivity contribution is -0.137. The summed E-state index contributed by atoms with van der Waals surface area (Å²) in [7, 11) is -3.42. The Morgan fingerprint density at radius 1 is 1.25 bits per heavy atom. The lowest BCUT2D eigenvalue weighted by atomic mass is 10.1. The molecule has 0 bridgehead atoms. The van der Waals surface area contributed by atoms with E-state index >= 15 is 0 Å². The van der Waals surface area contributed by atoms with Crippen molar-refractivity contribution < 1.29 is 18.3 Å². The van der Waals surface area contributed by atoms with Gasteiger partial charge in [-0.3, -0.25) is 9.10 Å². The van der Waals surface area contributed by atoms with Gasteiger partial charge in [-0.05, 0) is 38.3 Å². The van der Waals surface area contributed by atoms with Gasteiger partial charge in [0.15, 0.2) is 0 Å². The summed E-state index contributed by atoms with van der Waals surface area (Å²) in [6, 6.07) is 5.59. The molecule has 0 heterocycles. The standard InChI is InChI=1S/C14H21NO4S/c1-4-20(18,19)15(10-6-9-13(16)17)14-11(2)7-5-8-12(14)3/h5,7-8H,4,6,9-10H2,1-3H3,(H,16,17). The Morgan fingerprint density at radius 2 is 1.80 bits per heavy atom. The summed E-state index contributed by atoms with van der Waals surface area (Å²) >= 11 is 0. The highest BCUT2D eigenvalue weighted by Gasteiger charge is 2.23. The van der Waals surface area contributed by atoms with Crippen LogP contribution in [0, 0.1) is 13.8 Å². The van der Waals surface area contributed by atoms with Crippen molar-refractivity contribution in [3.05, 3.63) is 29.3 Å². The molecule has 0 aliphatic heterocycles. The molecule has 0 radical (unpaired) electrons. The molecule has 5 nitrogen and oxygen atoms in total. The minimum absolute atomic E-state index is 0.00611. The molecule has 112 valence electrons. The first-order valence-corrected chi connectivity index (χ1v) is 8.19. The van der Waals surface area contributed by atoms with Gasteiger partial charge in [0.25, 0.3) is 0 Å². The van der Waals surface area contributed by atoms with Crippen molar-refractivity contribution in [2.24, 2.45) is 0 Å². The summed E-state index contributed by atoms with van der Waals surface area (Å²) in [5.41, 5.74) is 2.41. The molecule has 0 aromatic heterocycles. The topological polar surface area (TPSA) is 74.7 Å². The molecular weight excluding hydrogens is 278 g/mol. The SMILES string of the molecule is CCS(=O)(=O)N(CCCC(=O)O)c1c(C)cccc1C. The highest BCUT2D eigenvalue weighted by molar-refractivity contribution is 7.92. The average molecular weight is 299 g/mol. The third kappa shape index (κ3) is 3.96. The van der Waals surface area contributed by atoms with Crippen molar-refractivity contribution in [3.63, 3.8) is 0 Å². The molecule has 0 amide bonds. The maximum absolute atomic E-state index is 12.3. The normalized spacial score (nSPS) is 11.3. The molecule has 20 heavy (non-hydrogen) atoms. The Labute approximate surface area is 120 Å². The second-order valence-corrected chi connectivity index (χ2v) is 6.89. The fourth-order valence-corrected chi connectivity index (χ4v) is 3.40. The minimum atomic E-state index is -3.42. The van der Waals surface area contributed by atoms with Crippen LogP contribution in [0.15, 0.2) is 18.2 Å². The van der Waals surface area contributed by atoms with Crippen LogP contribution in [0.4, 0.5) is 5.69 Å². The van der Waals surface area contributed by atoms with Gasteiger partial charge in [-0.2, -0.15) is 0 Å². The number of rotatable bonds is 7. The van der Waals surface area contributed by atoms with Crippen LogP contribution >= 0.6 is 0 Å². The van der Waals surface area contributed by atoms with Crippen molar-refractivity contribution in [2.75, 3.05) is 16.6 Å². The molecule has 0 aliphatic carbocycles. The van der Waals surface area contributed by atoms with E-state index in [1.165, 1.54) is 4.31 Å². The molecule has 0 fully saturated rings. The van der Waals surface area contributed by atoms with E-state index in [9.17, 15) is 13.2 Å². The van der Waals surface area contributed by atoms with Crippen LogP contribution in [0.5, 0.6) is 0 Å². The summed E-state index contributed by atoms with van der Waals surface area (Å²) in [4.78, 5) is 10.6. The molecule has 0 spiro atoms. The lowest BCUT2D eigenvalue weighted by Gasteiger charge is -2.27. The van der Waals surface area contributed by atoms with Crippen LogP contribution in [-0.4, -0.2) is 31.8 Å². The second kappa shape index (κ2) is 6.74. The molecule has 1 N–H and O–H groups in total. The molecule has 0 aliphatic rings. The zero-order chi connectivity index (χ0) is 15.3. The van der Waals surface area contributed by atoms with Gasteiger partial charge in [-0.25, -0.2) is 8.42 Å². The molecule has 0 saturated heterocycles. The number of hydrogen-bond acceptors (Lipinski definition) is 3. The Morgan fingerprint density at radius 3 is 2.25 bits per heavy atom. The minimum Gasteiger partial charge on any atom is -0.481 e. The average Bonchev–Trinajstić information content (AvgIpc) is 2.36. The maximum Gasteiger partial charge on any atom is 0.303 e. The molecular formula is C14H21NO4S.